The molecule has 7 rings (SSSR count). The lowest BCUT2D eigenvalue weighted by Gasteiger charge is -2.46. The molecule has 3 aromatic rings. The van der Waals surface area contributed by atoms with Crippen LogP contribution in [0.2, 0.25) is 0 Å². The molecule has 6 nitrogen and oxygen atoms in total. The van der Waals surface area contributed by atoms with Gasteiger partial charge in [-0.05, 0) is 106 Å². The van der Waals surface area contributed by atoms with E-state index in [0.717, 1.165) is 72.8 Å². The first-order valence-corrected chi connectivity index (χ1v) is 19.4. The van der Waals surface area contributed by atoms with Crippen molar-refractivity contribution in [1.29, 1.82) is 0 Å². The highest BCUT2D eigenvalue weighted by Crippen LogP contribution is 2.59. The summed E-state index contributed by atoms with van der Waals surface area (Å²) in [5.74, 6) is 0.178. The van der Waals surface area contributed by atoms with E-state index in [2.05, 4.69) is 43.4 Å². The van der Waals surface area contributed by atoms with Crippen LogP contribution in [-0.2, 0) is 13.0 Å². The van der Waals surface area contributed by atoms with Gasteiger partial charge in [-0.15, -0.1) is 0 Å². The van der Waals surface area contributed by atoms with E-state index in [1.54, 1.807) is 4.90 Å². The van der Waals surface area contributed by atoms with E-state index in [0.29, 0.717) is 32.2 Å². The van der Waals surface area contributed by atoms with Gasteiger partial charge in [0.15, 0.2) is 5.78 Å². The molecular formula is C45H58N2O4. The molecule has 2 fully saturated rings. The standard InChI is InChI=1S/C45H58N2O4/c1-32-14-13-26-44(3)41(39-24-22-35(28-38(48)23-21-32)29-40(39)42(49)37-19-11-6-12-20-37)25-27-45(44,51)31-47(30-34-15-7-4-8-16-34)43(50)46-33(2)36-17-9-5-10-18-36/h4-5,7-10,14-18,22,24,29,33,37-38,41,48,51H,6,11-13,19-21,23,25-28,30-31H2,1-3H3,(H,46,50). The summed E-state index contributed by atoms with van der Waals surface area (Å²) in [5, 5.41) is 27.3. The Morgan fingerprint density at radius 3 is 2.35 bits per heavy atom. The van der Waals surface area contributed by atoms with Crippen molar-refractivity contribution < 1.29 is 19.8 Å². The molecule has 0 saturated heterocycles. The van der Waals surface area contributed by atoms with E-state index < -0.39 is 17.1 Å². The Hall–Kier alpha value is -3.74. The molecule has 2 bridgehead atoms. The lowest BCUT2D eigenvalue weighted by atomic mass is 9.64. The number of hydrogen-bond acceptors (Lipinski definition) is 4. The van der Waals surface area contributed by atoms with Gasteiger partial charge in [-0.1, -0.05) is 111 Å². The minimum absolute atomic E-state index is 0.0188. The second-order valence-corrected chi connectivity index (χ2v) is 16.1. The predicted octanol–water partition coefficient (Wildman–Crippen LogP) is 9.46. The summed E-state index contributed by atoms with van der Waals surface area (Å²) in [7, 11) is 0. The first-order valence-electron chi connectivity index (χ1n) is 19.4. The average Bonchev–Trinajstić information content (AvgIpc) is 3.39. The number of urea groups is 1. The molecule has 4 aliphatic rings. The fourth-order valence-electron chi connectivity index (χ4n) is 9.22. The molecule has 2 saturated carbocycles. The number of aliphatic hydroxyl groups excluding tert-OH is 1. The number of rotatable bonds is 8. The molecule has 0 heterocycles. The molecule has 6 heteroatoms. The quantitative estimate of drug-likeness (QED) is 0.162. The number of amides is 2. The molecule has 0 spiro atoms. The minimum atomic E-state index is -1.20. The molecule has 3 N–H and O–H groups in total. The lowest BCUT2D eigenvalue weighted by Crippen LogP contribution is -2.55. The number of aliphatic hydroxyl groups is 2. The van der Waals surface area contributed by atoms with Crippen LogP contribution in [-0.4, -0.2) is 45.2 Å². The number of Topliss-reactive ketones (excluding diaryl/α,β-unsaturated/α-hetero) is 1. The summed E-state index contributed by atoms with van der Waals surface area (Å²) in [6, 6.07) is 25.9. The second-order valence-electron chi connectivity index (χ2n) is 16.1. The smallest absolute Gasteiger partial charge is 0.318 e. The SMILES string of the molecule is CC1=CCCC2(C)C(CCC2(O)CN(Cc2ccccc2)C(=O)NC(C)c2ccccc2)c2ccc(cc2C(=O)C2CCCCC2)CC(O)CC1. The number of carbonyl (C=O) groups excluding carboxylic acids is 2. The molecule has 5 unspecified atom stereocenters. The van der Waals surface area contributed by atoms with Gasteiger partial charge >= 0.3 is 6.03 Å². The number of fused-ring (bicyclic) bond motifs is 8. The van der Waals surface area contributed by atoms with Crippen molar-refractivity contribution in [2.75, 3.05) is 6.54 Å². The van der Waals surface area contributed by atoms with Crippen molar-refractivity contribution in [3.8, 4) is 0 Å². The third-order valence-electron chi connectivity index (χ3n) is 12.5. The largest absolute Gasteiger partial charge is 0.393 e. The minimum Gasteiger partial charge on any atom is -0.393 e. The van der Waals surface area contributed by atoms with Gasteiger partial charge in [-0.25, -0.2) is 4.79 Å². The highest BCUT2D eigenvalue weighted by molar-refractivity contribution is 5.99. The molecular weight excluding hydrogens is 633 g/mol. The summed E-state index contributed by atoms with van der Waals surface area (Å²) in [4.78, 5) is 30.4. The lowest BCUT2D eigenvalue weighted by molar-refractivity contribution is -0.0781. The molecule has 3 aromatic carbocycles. The van der Waals surface area contributed by atoms with Crippen molar-refractivity contribution in [1.82, 2.24) is 10.2 Å². The molecule has 0 radical (unpaired) electrons. The van der Waals surface area contributed by atoms with Gasteiger partial charge in [-0.3, -0.25) is 4.79 Å². The van der Waals surface area contributed by atoms with Crippen LogP contribution in [0.15, 0.2) is 90.5 Å². The fourth-order valence-corrected chi connectivity index (χ4v) is 9.22. The van der Waals surface area contributed by atoms with Gasteiger partial charge in [0, 0.05) is 23.4 Å². The zero-order valence-corrected chi connectivity index (χ0v) is 30.9. The predicted molar refractivity (Wildman–Crippen MR) is 205 cm³/mol. The highest BCUT2D eigenvalue weighted by Gasteiger charge is 2.57. The van der Waals surface area contributed by atoms with Crippen LogP contribution < -0.4 is 5.32 Å². The van der Waals surface area contributed by atoms with E-state index in [1.165, 1.54) is 12.0 Å². The number of allylic oxidation sites excluding steroid dienone is 2. The number of benzene rings is 3. The molecule has 51 heavy (non-hydrogen) atoms. The average molecular weight is 691 g/mol. The number of ketones is 1. The topological polar surface area (TPSA) is 89.9 Å². The maximum atomic E-state index is 14.4. The van der Waals surface area contributed by atoms with Crippen LogP contribution in [0.25, 0.3) is 0 Å². The normalized spacial score (nSPS) is 26.4. The zero-order valence-electron chi connectivity index (χ0n) is 30.9. The molecule has 272 valence electrons. The van der Waals surface area contributed by atoms with Crippen molar-refractivity contribution in [3.05, 3.63) is 118 Å². The summed E-state index contributed by atoms with van der Waals surface area (Å²) in [6.07, 6.45) is 11.7. The zero-order chi connectivity index (χ0) is 36.0. The number of hydrogen-bond donors (Lipinski definition) is 3. The van der Waals surface area contributed by atoms with Crippen LogP contribution >= 0.6 is 0 Å². The Morgan fingerprint density at radius 2 is 1.63 bits per heavy atom. The van der Waals surface area contributed by atoms with Gasteiger partial charge in [0.05, 0.1) is 24.3 Å². The first-order chi connectivity index (χ1) is 24.6. The molecule has 5 atom stereocenters. The maximum Gasteiger partial charge on any atom is 0.318 e. The Kier molecular flexibility index (Phi) is 11.8. The van der Waals surface area contributed by atoms with E-state index >= 15 is 0 Å². The van der Waals surface area contributed by atoms with Crippen LogP contribution in [0.4, 0.5) is 4.79 Å². The Morgan fingerprint density at radius 1 is 0.922 bits per heavy atom. The monoisotopic (exact) mass is 690 g/mol. The van der Waals surface area contributed by atoms with Gasteiger partial charge in [0.2, 0.25) is 0 Å². The third kappa shape index (κ3) is 8.50. The van der Waals surface area contributed by atoms with Crippen molar-refractivity contribution in [2.45, 2.75) is 128 Å². The molecule has 0 aromatic heterocycles. The van der Waals surface area contributed by atoms with Crippen molar-refractivity contribution >= 4 is 11.8 Å². The van der Waals surface area contributed by atoms with E-state index in [1.807, 2.05) is 67.6 Å². The van der Waals surface area contributed by atoms with Crippen molar-refractivity contribution in [3.63, 3.8) is 0 Å². The van der Waals surface area contributed by atoms with E-state index in [-0.39, 0.29) is 36.2 Å². The van der Waals surface area contributed by atoms with Gasteiger partial charge in [-0.2, -0.15) is 0 Å². The van der Waals surface area contributed by atoms with Crippen LogP contribution in [0.1, 0.15) is 136 Å². The van der Waals surface area contributed by atoms with E-state index in [9.17, 15) is 19.8 Å². The summed E-state index contributed by atoms with van der Waals surface area (Å²) >= 11 is 0. The van der Waals surface area contributed by atoms with E-state index in [4.69, 9.17) is 0 Å². The van der Waals surface area contributed by atoms with Gasteiger partial charge < -0.3 is 20.4 Å². The van der Waals surface area contributed by atoms with Crippen LogP contribution in [0.5, 0.6) is 0 Å². The number of nitrogens with one attached hydrogen (secondary N) is 1. The Labute approximate surface area is 305 Å². The van der Waals surface area contributed by atoms with Gasteiger partial charge in [0.1, 0.15) is 0 Å². The Bertz CT molecular complexity index is 1670. The molecule has 4 aliphatic carbocycles. The number of carbonyl (C=O) groups is 2. The van der Waals surface area contributed by atoms with Crippen LogP contribution in [0.3, 0.4) is 0 Å². The second kappa shape index (κ2) is 16.3. The Balaban J connectivity index is 1.38. The fraction of sp³-hybridized carbons (Fsp3) is 0.511. The number of nitrogens with zero attached hydrogens (tertiary/aromatic N) is 1. The summed E-state index contributed by atoms with van der Waals surface area (Å²) in [6.45, 7) is 6.89. The third-order valence-corrected chi connectivity index (χ3v) is 12.5. The highest BCUT2D eigenvalue weighted by atomic mass is 16.3. The van der Waals surface area contributed by atoms with Gasteiger partial charge in [0.25, 0.3) is 0 Å². The summed E-state index contributed by atoms with van der Waals surface area (Å²) < 4.78 is 0. The molecule has 0 aliphatic heterocycles. The maximum absolute atomic E-state index is 14.4. The van der Waals surface area contributed by atoms with Crippen LogP contribution in [0, 0.1) is 11.3 Å². The summed E-state index contributed by atoms with van der Waals surface area (Å²) in [5.41, 5.74) is 4.27. The van der Waals surface area contributed by atoms with Crippen molar-refractivity contribution in [2.24, 2.45) is 11.3 Å². The first kappa shape index (κ1) is 37.0. The molecule has 2 amide bonds.